The quantitative estimate of drug-likeness (QED) is 0.529. The van der Waals surface area contributed by atoms with E-state index in [1.165, 1.54) is 53.8 Å². The van der Waals surface area contributed by atoms with Crippen LogP contribution in [0.4, 0.5) is 18.3 Å². The predicted octanol–water partition coefficient (Wildman–Crippen LogP) is 3.95. The third-order valence-electron chi connectivity index (χ3n) is 5.26. The van der Waals surface area contributed by atoms with Crippen molar-refractivity contribution < 1.29 is 31.1 Å². The van der Waals surface area contributed by atoms with Crippen LogP contribution in [0.15, 0.2) is 47.4 Å². The number of carbonyl (C=O) groups is 1. The summed E-state index contributed by atoms with van der Waals surface area (Å²) in [4.78, 5) is 21.1. The number of hydrogen-bond acceptors (Lipinski definition) is 7. The number of piperazine rings is 1. The second-order valence-corrected chi connectivity index (χ2v) is 10.7. The Hall–Kier alpha value is -2.86. The van der Waals surface area contributed by atoms with E-state index in [1.54, 1.807) is 11.8 Å². The van der Waals surface area contributed by atoms with Gasteiger partial charge in [0.1, 0.15) is 5.75 Å². The second-order valence-electron chi connectivity index (χ2n) is 7.38. The van der Waals surface area contributed by atoms with Gasteiger partial charge >= 0.3 is 6.36 Å². The van der Waals surface area contributed by atoms with Gasteiger partial charge in [-0.2, -0.15) is 0 Å². The lowest BCUT2D eigenvalue weighted by Crippen LogP contribution is -2.48. The average molecular weight is 500 g/mol. The highest BCUT2D eigenvalue weighted by atomic mass is 32.2. The van der Waals surface area contributed by atoms with Crippen molar-refractivity contribution in [1.29, 1.82) is 0 Å². The molecule has 1 aliphatic heterocycles. The number of nitrogens with zero attached hydrogens (tertiary/aromatic N) is 3. The summed E-state index contributed by atoms with van der Waals surface area (Å²) in [6, 6.07) is 9.95. The van der Waals surface area contributed by atoms with Gasteiger partial charge in [-0.1, -0.05) is 18.3 Å². The number of ether oxygens (including phenoxy) is 1. The van der Waals surface area contributed by atoms with E-state index < -0.39 is 16.2 Å². The van der Waals surface area contributed by atoms with Gasteiger partial charge in [0.05, 0.1) is 20.9 Å². The highest BCUT2D eigenvalue weighted by Crippen LogP contribution is 2.33. The lowest BCUT2D eigenvalue weighted by atomic mass is 10.2. The minimum Gasteiger partial charge on any atom is -0.406 e. The van der Waals surface area contributed by atoms with Crippen LogP contribution in [-0.2, 0) is 9.84 Å². The normalized spacial score (nSPS) is 15.2. The zero-order valence-electron chi connectivity index (χ0n) is 17.5. The molecule has 0 bridgehead atoms. The molecule has 0 N–H and O–H groups in total. The molecule has 1 amide bonds. The topological polar surface area (TPSA) is 79.8 Å². The van der Waals surface area contributed by atoms with Crippen LogP contribution >= 0.6 is 11.3 Å². The molecule has 2 heterocycles. The van der Waals surface area contributed by atoms with Crippen LogP contribution in [-0.4, -0.2) is 62.5 Å². The molecular weight excluding hydrogens is 479 g/mol. The van der Waals surface area contributed by atoms with E-state index in [1.807, 2.05) is 4.90 Å². The Morgan fingerprint density at radius 1 is 1.09 bits per heavy atom. The lowest BCUT2D eigenvalue weighted by molar-refractivity contribution is -0.274. The fourth-order valence-electron chi connectivity index (χ4n) is 3.48. The van der Waals surface area contributed by atoms with E-state index in [-0.39, 0.29) is 22.3 Å². The first kappa shape index (κ1) is 23.3. The minimum absolute atomic E-state index is 0.00924. The molecule has 0 atom stereocenters. The number of hydrogen-bond donors (Lipinski definition) is 0. The molecule has 12 heteroatoms. The largest absolute Gasteiger partial charge is 0.573 e. The van der Waals surface area contributed by atoms with Gasteiger partial charge in [-0.15, -0.1) is 13.2 Å². The molecule has 33 heavy (non-hydrogen) atoms. The summed E-state index contributed by atoms with van der Waals surface area (Å²) < 4.78 is 65.8. The molecule has 0 unspecified atom stereocenters. The Balaban J connectivity index is 1.41. The maximum atomic E-state index is 12.8. The molecule has 0 radical (unpaired) electrons. The molecule has 0 aliphatic carbocycles. The van der Waals surface area contributed by atoms with Gasteiger partial charge in [-0.3, -0.25) is 4.79 Å². The van der Waals surface area contributed by atoms with Gasteiger partial charge in [0, 0.05) is 37.8 Å². The van der Waals surface area contributed by atoms with E-state index in [9.17, 15) is 26.4 Å². The molecule has 176 valence electrons. The Kier molecular flexibility index (Phi) is 6.23. The molecule has 1 aliphatic rings. The molecule has 3 aromatic rings. The molecule has 0 spiro atoms. The Labute approximate surface area is 192 Å². The molecule has 1 aromatic heterocycles. The van der Waals surface area contributed by atoms with Crippen LogP contribution in [0.1, 0.15) is 17.3 Å². The first-order valence-electron chi connectivity index (χ1n) is 10.1. The molecule has 1 fully saturated rings. The second kappa shape index (κ2) is 8.82. The number of anilines is 1. The standard InChI is InChI=1S/C21H20F3N3O4S2/c1-2-33(29,30)16-6-3-14(4-7-16)19(28)26-9-11-27(12-10-26)20-25-17-8-5-15(13-18(17)32-20)31-21(22,23)24/h3-8,13H,2,9-12H2,1H3. The van der Waals surface area contributed by atoms with E-state index in [0.717, 1.165) is 0 Å². The molecule has 7 nitrogen and oxygen atoms in total. The Morgan fingerprint density at radius 2 is 1.76 bits per heavy atom. The van der Waals surface area contributed by atoms with Crippen LogP contribution in [0.3, 0.4) is 0 Å². The van der Waals surface area contributed by atoms with Gasteiger partial charge < -0.3 is 14.5 Å². The molecule has 2 aromatic carbocycles. The molecule has 1 saturated heterocycles. The summed E-state index contributed by atoms with van der Waals surface area (Å²) in [6.45, 7) is 3.46. The van der Waals surface area contributed by atoms with Crippen LogP contribution < -0.4 is 9.64 Å². The number of rotatable bonds is 5. The highest BCUT2D eigenvalue weighted by molar-refractivity contribution is 7.91. The van der Waals surface area contributed by atoms with Crippen LogP contribution in [0, 0.1) is 0 Å². The monoisotopic (exact) mass is 499 g/mol. The fraction of sp³-hybridized carbons (Fsp3) is 0.333. The average Bonchev–Trinajstić information content (AvgIpc) is 3.21. The van der Waals surface area contributed by atoms with E-state index in [4.69, 9.17) is 0 Å². The Morgan fingerprint density at radius 3 is 2.36 bits per heavy atom. The number of fused-ring (bicyclic) bond motifs is 1. The number of benzene rings is 2. The van der Waals surface area contributed by atoms with Gasteiger partial charge in [-0.25, -0.2) is 13.4 Å². The predicted molar refractivity (Wildman–Crippen MR) is 119 cm³/mol. The van der Waals surface area contributed by atoms with Crippen LogP contribution in [0.5, 0.6) is 5.75 Å². The first-order chi connectivity index (χ1) is 15.6. The summed E-state index contributed by atoms with van der Waals surface area (Å²) in [5.41, 5.74) is 0.987. The summed E-state index contributed by atoms with van der Waals surface area (Å²) in [5.74, 6) is -0.489. The van der Waals surface area contributed by atoms with Gasteiger partial charge in [0.15, 0.2) is 15.0 Å². The van der Waals surface area contributed by atoms with E-state index >= 15 is 0 Å². The lowest BCUT2D eigenvalue weighted by Gasteiger charge is -2.34. The molecule has 0 saturated carbocycles. The van der Waals surface area contributed by atoms with Crippen molar-refractivity contribution in [2.45, 2.75) is 18.2 Å². The fourth-order valence-corrected chi connectivity index (χ4v) is 5.41. The first-order valence-corrected chi connectivity index (χ1v) is 12.6. The number of carbonyl (C=O) groups excluding carboxylic acids is 1. The van der Waals surface area contributed by atoms with E-state index in [2.05, 4.69) is 9.72 Å². The van der Waals surface area contributed by atoms with Crippen LogP contribution in [0.25, 0.3) is 10.2 Å². The zero-order chi connectivity index (χ0) is 23.8. The summed E-state index contributed by atoms with van der Waals surface area (Å²) in [6.07, 6.45) is -4.76. The van der Waals surface area contributed by atoms with Crippen molar-refractivity contribution in [3.05, 3.63) is 48.0 Å². The van der Waals surface area contributed by atoms with Crippen LogP contribution in [0.2, 0.25) is 0 Å². The smallest absolute Gasteiger partial charge is 0.406 e. The maximum absolute atomic E-state index is 12.8. The summed E-state index contributed by atoms with van der Waals surface area (Å²) >= 11 is 1.26. The SMILES string of the molecule is CCS(=O)(=O)c1ccc(C(=O)N2CCN(c3nc4ccc(OC(F)(F)F)cc4s3)CC2)cc1. The summed E-state index contributed by atoms with van der Waals surface area (Å²) in [7, 11) is -3.33. The van der Waals surface area contributed by atoms with E-state index in [0.29, 0.717) is 47.1 Å². The molecule has 4 rings (SSSR count). The molecular formula is C21H20F3N3O4S2. The van der Waals surface area contributed by atoms with Gasteiger partial charge in [-0.05, 0) is 36.4 Å². The van der Waals surface area contributed by atoms with Crippen molar-refractivity contribution in [3.63, 3.8) is 0 Å². The van der Waals surface area contributed by atoms with Crippen molar-refractivity contribution in [2.24, 2.45) is 0 Å². The number of aromatic nitrogens is 1. The van der Waals surface area contributed by atoms with Crippen molar-refractivity contribution >= 4 is 42.4 Å². The highest BCUT2D eigenvalue weighted by Gasteiger charge is 2.31. The third kappa shape index (κ3) is 5.22. The minimum atomic E-state index is -4.76. The number of thiazole rings is 1. The third-order valence-corrected chi connectivity index (χ3v) is 8.09. The van der Waals surface area contributed by atoms with Crippen molar-refractivity contribution in [1.82, 2.24) is 9.88 Å². The summed E-state index contributed by atoms with van der Waals surface area (Å²) in [5, 5.41) is 0.662. The Bertz CT molecular complexity index is 1270. The number of sulfone groups is 1. The number of halogens is 3. The van der Waals surface area contributed by atoms with Gasteiger partial charge in [0.25, 0.3) is 5.91 Å². The van der Waals surface area contributed by atoms with Crippen molar-refractivity contribution in [3.8, 4) is 5.75 Å². The zero-order valence-corrected chi connectivity index (χ0v) is 19.1. The number of alkyl halides is 3. The maximum Gasteiger partial charge on any atom is 0.573 e. The van der Waals surface area contributed by atoms with Crippen molar-refractivity contribution in [2.75, 3.05) is 36.8 Å². The van der Waals surface area contributed by atoms with Gasteiger partial charge in [0.2, 0.25) is 0 Å². The number of amides is 1.